The summed E-state index contributed by atoms with van der Waals surface area (Å²) in [5.41, 5.74) is 0. The molecule has 0 saturated carbocycles. The molecule has 0 radical (unpaired) electrons. The van der Waals surface area contributed by atoms with Crippen LogP contribution in [0.1, 0.15) is 0 Å². The Balaban J connectivity index is 2.44. The molecule has 0 aromatic carbocycles. The van der Waals surface area contributed by atoms with Gasteiger partial charge in [-0.15, -0.1) is 0 Å². The van der Waals surface area contributed by atoms with Gasteiger partial charge in [0.15, 0.2) is 5.03 Å². The van der Waals surface area contributed by atoms with Crippen molar-refractivity contribution in [2.45, 2.75) is 5.03 Å². The van der Waals surface area contributed by atoms with Crippen LogP contribution in [0.5, 0.6) is 0 Å². The average Bonchev–Trinajstić information content (AvgIpc) is 2.35. The minimum absolute atomic E-state index is 0.0417. The van der Waals surface area contributed by atoms with Gasteiger partial charge in [0.1, 0.15) is 0 Å². The van der Waals surface area contributed by atoms with Crippen molar-refractivity contribution in [1.82, 2.24) is 20.3 Å². The molecule has 0 fully saturated rings. The summed E-state index contributed by atoms with van der Waals surface area (Å²) >= 11 is 0. The Labute approximate surface area is 99.7 Å². The molecule has 2 amide bonds. The predicted molar refractivity (Wildman–Crippen MR) is 61.9 cm³/mol. The number of carbonyl (C=O) groups is 1. The van der Waals surface area contributed by atoms with Crippen LogP contribution in [0.25, 0.3) is 0 Å². The van der Waals surface area contributed by atoms with Crippen molar-refractivity contribution >= 4 is 16.1 Å². The molecule has 94 valence electrons. The Morgan fingerprint density at radius 1 is 1.35 bits per heavy atom. The average molecular weight is 258 g/mol. The number of pyridine rings is 1. The Morgan fingerprint density at radius 2 is 2.12 bits per heavy atom. The maximum atomic E-state index is 11.6. The molecular formula is C9H14N4O3S. The molecule has 1 rings (SSSR count). The van der Waals surface area contributed by atoms with Gasteiger partial charge >= 0.3 is 6.03 Å². The van der Waals surface area contributed by atoms with E-state index in [1.165, 1.54) is 19.3 Å². The Morgan fingerprint density at radius 3 is 2.71 bits per heavy atom. The first kappa shape index (κ1) is 13.4. The zero-order valence-corrected chi connectivity index (χ0v) is 10.1. The maximum absolute atomic E-state index is 11.6. The van der Waals surface area contributed by atoms with Gasteiger partial charge in [0.05, 0.1) is 0 Å². The smallest absolute Gasteiger partial charge is 0.314 e. The molecule has 3 N–H and O–H groups in total. The van der Waals surface area contributed by atoms with Crippen LogP contribution in [0, 0.1) is 0 Å². The predicted octanol–water partition coefficient (Wildman–Crippen LogP) is -0.711. The summed E-state index contributed by atoms with van der Waals surface area (Å²) in [6.07, 6.45) is 1.40. The summed E-state index contributed by atoms with van der Waals surface area (Å²) < 4.78 is 25.6. The van der Waals surface area contributed by atoms with Crippen LogP contribution < -0.4 is 15.4 Å². The van der Waals surface area contributed by atoms with Crippen LogP contribution in [-0.2, 0) is 10.0 Å². The zero-order valence-electron chi connectivity index (χ0n) is 9.30. The number of urea groups is 1. The number of sulfonamides is 1. The van der Waals surface area contributed by atoms with E-state index in [9.17, 15) is 13.2 Å². The number of hydrogen-bond acceptors (Lipinski definition) is 4. The second-order valence-corrected chi connectivity index (χ2v) is 4.79. The number of nitrogens with zero attached hydrogens (tertiary/aromatic N) is 1. The van der Waals surface area contributed by atoms with E-state index in [-0.39, 0.29) is 24.1 Å². The van der Waals surface area contributed by atoms with Gasteiger partial charge in [-0.3, -0.25) is 0 Å². The van der Waals surface area contributed by atoms with Crippen molar-refractivity contribution in [2.24, 2.45) is 0 Å². The zero-order chi connectivity index (χ0) is 12.7. The van der Waals surface area contributed by atoms with E-state index < -0.39 is 10.0 Å². The second-order valence-electron chi connectivity index (χ2n) is 3.07. The molecule has 0 bridgehead atoms. The molecule has 1 aromatic rings. The van der Waals surface area contributed by atoms with Crippen LogP contribution >= 0.6 is 0 Å². The van der Waals surface area contributed by atoms with Crippen molar-refractivity contribution in [3.8, 4) is 0 Å². The molecule has 7 nitrogen and oxygen atoms in total. The van der Waals surface area contributed by atoms with Crippen molar-refractivity contribution in [2.75, 3.05) is 20.1 Å². The third kappa shape index (κ3) is 4.37. The molecule has 0 atom stereocenters. The van der Waals surface area contributed by atoms with Gasteiger partial charge in [-0.1, -0.05) is 6.07 Å². The molecule has 0 aliphatic heterocycles. The van der Waals surface area contributed by atoms with Crippen LogP contribution in [0.2, 0.25) is 0 Å². The monoisotopic (exact) mass is 258 g/mol. The van der Waals surface area contributed by atoms with E-state index in [0.29, 0.717) is 0 Å². The molecule has 0 saturated heterocycles. The van der Waals surface area contributed by atoms with Crippen LogP contribution in [-0.4, -0.2) is 39.6 Å². The van der Waals surface area contributed by atoms with E-state index in [4.69, 9.17) is 0 Å². The third-order valence-corrected chi connectivity index (χ3v) is 3.22. The number of hydrogen-bond donors (Lipinski definition) is 3. The minimum atomic E-state index is -3.60. The fourth-order valence-electron chi connectivity index (χ4n) is 1.03. The summed E-state index contributed by atoms with van der Waals surface area (Å²) in [5, 5.41) is 4.77. The highest BCUT2D eigenvalue weighted by molar-refractivity contribution is 7.89. The molecule has 8 heteroatoms. The van der Waals surface area contributed by atoms with E-state index in [1.54, 1.807) is 12.1 Å². The second kappa shape index (κ2) is 6.16. The van der Waals surface area contributed by atoms with Gasteiger partial charge in [0.2, 0.25) is 0 Å². The van der Waals surface area contributed by atoms with Crippen molar-refractivity contribution in [3.63, 3.8) is 0 Å². The van der Waals surface area contributed by atoms with Gasteiger partial charge in [-0.25, -0.2) is 22.9 Å². The Kier molecular flexibility index (Phi) is 4.85. The topological polar surface area (TPSA) is 100 Å². The van der Waals surface area contributed by atoms with Gasteiger partial charge in [0, 0.05) is 26.3 Å². The van der Waals surface area contributed by atoms with Crippen molar-refractivity contribution < 1.29 is 13.2 Å². The van der Waals surface area contributed by atoms with Crippen LogP contribution in [0.3, 0.4) is 0 Å². The van der Waals surface area contributed by atoms with E-state index in [1.807, 2.05) is 0 Å². The van der Waals surface area contributed by atoms with Gasteiger partial charge in [-0.05, 0) is 12.1 Å². The quantitative estimate of drug-likeness (QED) is 0.607. The molecule has 0 aliphatic rings. The summed E-state index contributed by atoms with van der Waals surface area (Å²) in [5.74, 6) is 0. The Hall–Kier alpha value is -1.67. The summed E-state index contributed by atoms with van der Waals surface area (Å²) in [7, 11) is -2.12. The number of aromatic nitrogens is 1. The van der Waals surface area contributed by atoms with Crippen LogP contribution in [0.4, 0.5) is 4.79 Å². The van der Waals surface area contributed by atoms with Crippen LogP contribution in [0.15, 0.2) is 29.4 Å². The highest BCUT2D eigenvalue weighted by atomic mass is 32.2. The first-order valence-corrected chi connectivity index (χ1v) is 6.41. The molecule has 17 heavy (non-hydrogen) atoms. The van der Waals surface area contributed by atoms with Gasteiger partial charge in [0.25, 0.3) is 10.0 Å². The molecule has 1 heterocycles. The van der Waals surface area contributed by atoms with Crippen molar-refractivity contribution in [1.29, 1.82) is 0 Å². The molecule has 0 unspecified atom stereocenters. The summed E-state index contributed by atoms with van der Waals surface area (Å²) in [6.45, 7) is 0.304. The summed E-state index contributed by atoms with van der Waals surface area (Å²) in [6, 6.07) is 4.26. The van der Waals surface area contributed by atoms with E-state index in [0.717, 1.165) is 0 Å². The maximum Gasteiger partial charge on any atom is 0.314 e. The number of carbonyl (C=O) groups excluding carboxylic acids is 1. The first-order chi connectivity index (χ1) is 8.06. The highest BCUT2D eigenvalue weighted by Crippen LogP contribution is 2.01. The fourth-order valence-corrected chi connectivity index (χ4v) is 2.01. The third-order valence-electron chi connectivity index (χ3n) is 1.84. The van der Waals surface area contributed by atoms with Gasteiger partial charge < -0.3 is 10.6 Å². The lowest BCUT2D eigenvalue weighted by molar-refractivity contribution is 0.243. The molecule has 0 aliphatic carbocycles. The SMILES string of the molecule is CNC(=O)NCCNS(=O)(=O)c1ccccn1. The summed E-state index contributed by atoms with van der Waals surface area (Å²) in [4.78, 5) is 14.5. The Bertz CT molecular complexity index is 460. The van der Waals surface area contributed by atoms with E-state index in [2.05, 4.69) is 20.3 Å². The highest BCUT2D eigenvalue weighted by Gasteiger charge is 2.13. The lowest BCUT2D eigenvalue weighted by Gasteiger charge is -2.06. The number of rotatable bonds is 5. The van der Waals surface area contributed by atoms with Gasteiger partial charge in [-0.2, -0.15) is 0 Å². The normalized spacial score (nSPS) is 10.9. The van der Waals surface area contributed by atoms with Crippen molar-refractivity contribution in [3.05, 3.63) is 24.4 Å². The number of amides is 2. The van der Waals surface area contributed by atoms with E-state index >= 15 is 0 Å². The largest absolute Gasteiger partial charge is 0.341 e. The fraction of sp³-hybridized carbons (Fsp3) is 0.333. The molecule has 1 aromatic heterocycles. The molecule has 0 spiro atoms. The minimum Gasteiger partial charge on any atom is -0.341 e. The standard InChI is InChI=1S/C9H14N4O3S/c1-10-9(14)12-6-7-13-17(15,16)8-4-2-3-5-11-8/h2-5,13H,6-7H2,1H3,(H2,10,12,14). The number of nitrogens with one attached hydrogen (secondary N) is 3. The lowest BCUT2D eigenvalue weighted by Crippen LogP contribution is -2.38. The first-order valence-electron chi connectivity index (χ1n) is 4.92. The lowest BCUT2D eigenvalue weighted by atomic mass is 10.5. The molecular weight excluding hydrogens is 244 g/mol.